The number of ketones is 2. The van der Waals surface area contributed by atoms with Crippen LogP contribution in [0.4, 0.5) is 0 Å². The van der Waals surface area contributed by atoms with Crippen LogP contribution in [0.3, 0.4) is 0 Å². The van der Waals surface area contributed by atoms with Crippen molar-refractivity contribution in [1.29, 1.82) is 0 Å². The fourth-order valence-corrected chi connectivity index (χ4v) is 2.97. The molecule has 0 spiro atoms. The number of rotatable bonds is 14. The van der Waals surface area contributed by atoms with Crippen molar-refractivity contribution in [1.82, 2.24) is 0 Å². The lowest BCUT2D eigenvalue weighted by atomic mass is 9.97. The first kappa shape index (κ1) is 37.5. The van der Waals surface area contributed by atoms with Gasteiger partial charge in [0.2, 0.25) is 6.79 Å². The Labute approximate surface area is 246 Å². The molecule has 0 amide bonds. The van der Waals surface area contributed by atoms with Crippen LogP contribution in [-0.2, 0) is 19.1 Å². The fourth-order valence-electron chi connectivity index (χ4n) is 2.97. The molecule has 0 aliphatic carbocycles. The predicted molar refractivity (Wildman–Crippen MR) is 158 cm³/mol. The maximum atomic E-state index is 12.0. The van der Waals surface area contributed by atoms with E-state index in [0.29, 0.717) is 22.6 Å². The SMILES string of the molecule is C=C.C=C.C=C(CC(=O)OCOc1ccc(C(=O)C(C)(C)O)cc1)C(=O)OCCOc1ccc(C(=O)C(C)(C)O)cc1. The van der Waals surface area contributed by atoms with Crippen molar-refractivity contribution in [3.63, 3.8) is 0 Å². The van der Waals surface area contributed by atoms with Crippen molar-refractivity contribution in [2.45, 2.75) is 45.3 Å². The zero-order valence-corrected chi connectivity index (χ0v) is 24.6. The zero-order chi connectivity index (χ0) is 32.5. The lowest BCUT2D eigenvalue weighted by molar-refractivity contribution is -0.151. The molecule has 0 heterocycles. The highest BCUT2D eigenvalue weighted by molar-refractivity contribution is 6.02. The normalized spacial score (nSPS) is 10.4. The number of esters is 2. The molecule has 0 saturated carbocycles. The number of carbonyl (C=O) groups is 4. The Morgan fingerprint density at radius 2 is 1.07 bits per heavy atom. The van der Waals surface area contributed by atoms with Crippen molar-refractivity contribution >= 4 is 23.5 Å². The standard InChI is InChI=1S/C28H32O10.2C2H4/c1-18(16-23(29)38-17-37-22-12-8-20(9-13-22)25(31)28(4,5)34)26(32)36-15-14-35-21-10-6-19(7-11-21)24(30)27(2,3)33;2*1-2/h6-13,33-34H,1,14-17H2,2-5H3;2*1-2H2. The maximum absolute atomic E-state index is 12.0. The van der Waals surface area contributed by atoms with E-state index < -0.39 is 47.9 Å². The average Bonchev–Trinajstić information content (AvgIpc) is 2.96. The molecule has 10 heteroatoms. The Morgan fingerprint density at radius 3 is 1.48 bits per heavy atom. The molecule has 2 rings (SSSR count). The smallest absolute Gasteiger partial charge is 0.334 e. The van der Waals surface area contributed by atoms with Gasteiger partial charge in [-0.3, -0.25) is 14.4 Å². The third kappa shape index (κ3) is 13.2. The summed E-state index contributed by atoms with van der Waals surface area (Å²) in [7, 11) is 0. The number of benzene rings is 2. The molecule has 0 unspecified atom stereocenters. The van der Waals surface area contributed by atoms with E-state index in [0.717, 1.165) is 0 Å². The molecule has 2 aromatic rings. The summed E-state index contributed by atoms with van der Waals surface area (Å²) in [6, 6.07) is 12.1. The van der Waals surface area contributed by atoms with Crippen LogP contribution in [0.25, 0.3) is 0 Å². The Morgan fingerprint density at radius 1 is 0.667 bits per heavy atom. The van der Waals surface area contributed by atoms with Gasteiger partial charge in [-0.25, -0.2) is 4.79 Å². The molecule has 0 atom stereocenters. The van der Waals surface area contributed by atoms with Crippen molar-refractivity contribution in [2.75, 3.05) is 20.0 Å². The van der Waals surface area contributed by atoms with E-state index in [1.54, 1.807) is 12.1 Å². The van der Waals surface area contributed by atoms with Gasteiger partial charge in [-0.05, 0) is 76.2 Å². The summed E-state index contributed by atoms with van der Waals surface area (Å²) < 4.78 is 20.7. The molecule has 0 saturated heterocycles. The Kier molecular flexibility index (Phi) is 16.1. The van der Waals surface area contributed by atoms with Crippen LogP contribution < -0.4 is 9.47 Å². The predicted octanol–water partition coefficient (Wildman–Crippen LogP) is 4.65. The van der Waals surface area contributed by atoms with Crippen LogP contribution in [0.5, 0.6) is 11.5 Å². The molecule has 2 aromatic carbocycles. The molecule has 228 valence electrons. The van der Waals surface area contributed by atoms with E-state index in [2.05, 4.69) is 32.9 Å². The zero-order valence-electron chi connectivity index (χ0n) is 24.6. The summed E-state index contributed by atoms with van der Waals surface area (Å²) in [5.74, 6) is -1.63. The van der Waals surface area contributed by atoms with Crippen LogP contribution in [0, 0.1) is 0 Å². The van der Waals surface area contributed by atoms with Gasteiger partial charge in [-0.2, -0.15) is 0 Å². The Balaban J connectivity index is 0.00000402. The molecule has 0 aliphatic rings. The molecule has 42 heavy (non-hydrogen) atoms. The Hall–Kier alpha value is -4.54. The van der Waals surface area contributed by atoms with E-state index in [1.165, 1.54) is 64.1 Å². The third-order valence-electron chi connectivity index (χ3n) is 5.02. The summed E-state index contributed by atoms with van der Waals surface area (Å²) in [6.07, 6.45) is -0.404. The second-order valence-corrected chi connectivity index (χ2v) is 9.37. The lowest BCUT2D eigenvalue weighted by Crippen LogP contribution is -2.30. The number of hydrogen-bond acceptors (Lipinski definition) is 10. The van der Waals surface area contributed by atoms with E-state index in [1.807, 2.05) is 0 Å². The Bertz CT molecular complexity index is 1180. The summed E-state index contributed by atoms with van der Waals surface area (Å²) in [4.78, 5) is 48.0. The highest BCUT2D eigenvalue weighted by Gasteiger charge is 2.26. The highest BCUT2D eigenvalue weighted by Crippen LogP contribution is 2.18. The van der Waals surface area contributed by atoms with Gasteiger partial charge in [-0.1, -0.05) is 6.58 Å². The highest BCUT2D eigenvalue weighted by atomic mass is 16.7. The van der Waals surface area contributed by atoms with E-state index >= 15 is 0 Å². The van der Waals surface area contributed by atoms with E-state index in [9.17, 15) is 29.4 Å². The monoisotopic (exact) mass is 584 g/mol. The summed E-state index contributed by atoms with van der Waals surface area (Å²) in [6.45, 7) is 20.6. The number of carbonyl (C=O) groups excluding carboxylic acids is 4. The largest absolute Gasteiger partial charge is 0.490 e. The lowest BCUT2D eigenvalue weighted by Gasteiger charge is -2.15. The molecule has 10 nitrogen and oxygen atoms in total. The van der Waals surface area contributed by atoms with Crippen molar-refractivity contribution in [3.05, 3.63) is 98.1 Å². The van der Waals surface area contributed by atoms with Gasteiger partial charge >= 0.3 is 11.9 Å². The van der Waals surface area contributed by atoms with Gasteiger partial charge in [0.1, 0.15) is 35.9 Å². The number of Topliss-reactive ketones (excluding diaryl/α,β-unsaturated/α-hetero) is 2. The number of hydrogen-bond donors (Lipinski definition) is 2. The van der Waals surface area contributed by atoms with Gasteiger partial charge in [0.15, 0.2) is 11.6 Å². The summed E-state index contributed by atoms with van der Waals surface area (Å²) in [5.41, 5.74) is -2.45. The minimum Gasteiger partial charge on any atom is -0.490 e. The molecule has 0 aromatic heterocycles. The molecular formula is C32H40O10. The van der Waals surface area contributed by atoms with Crippen LogP contribution in [0.15, 0.2) is 87.0 Å². The van der Waals surface area contributed by atoms with Crippen LogP contribution in [-0.4, -0.2) is 64.9 Å². The molecule has 0 aliphatic heterocycles. The molecule has 2 N–H and O–H groups in total. The molecule has 0 bridgehead atoms. The van der Waals surface area contributed by atoms with E-state index in [4.69, 9.17) is 18.9 Å². The van der Waals surface area contributed by atoms with Gasteiger partial charge in [-0.15, -0.1) is 26.3 Å². The summed E-state index contributed by atoms with van der Waals surface area (Å²) in [5, 5.41) is 19.6. The first-order chi connectivity index (χ1) is 19.7. The van der Waals surface area contributed by atoms with Gasteiger partial charge in [0.05, 0.1) is 6.42 Å². The second kappa shape index (κ2) is 18.0. The van der Waals surface area contributed by atoms with Gasteiger partial charge in [0.25, 0.3) is 0 Å². The van der Waals surface area contributed by atoms with Gasteiger partial charge in [0, 0.05) is 16.7 Å². The summed E-state index contributed by atoms with van der Waals surface area (Å²) >= 11 is 0. The van der Waals surface area contributed by atoms with Crippen molar-refractivity contribution < 1.29 is 48.3 Å². The molecule has 0 fully saturated rings. The second-order valence-electron chi connectivity index (χ2n) is 9.37. The van der Waals surface area contributed by atoms with Crippen molar-refractivity contribution in [3.8, 4) is 11.5 Å². The molecular weight excluding hydrogens is 544 g/mol. The minimum absolute atomic E-state index is 0.0241. The van der Waals surface area contributed by atoms with Crippen molar-refractivity contribution in [2.24, 2.45) is 0 Å². The van der Waals surface area contributed by atoms with E-state index in [-0.39, 0.29) is 18.8 Å². The van der Waals surface area contributed by atoms with Crippen LogP contribution in [0.1, 0.15) is 54.8 Å². The topological polar surface area (TPSA) is 146 Å². The minimum atomic E-state index is -1.50. The molecule has 0 radical (unpaired) electrons. The first-order valence-corrected chi connectivity index (χ1v) is 12.7. The van der Waals surface area contributed by atoms with Gasteiger partial charge < -0.3 is 29.2 Å². The number of ether oxygens (including phenoxy) is 4. The third-order valence-corrected chi connectivity index (χ3v) is 5.02. The first-order valence-electron chi connectivity index (χ1n) is 12.7. The maximum Gasteiger partial charge on any atom is 0.334 e. The van der Waals surface area contributed by atoms with Crippen LogP contribution in [0.2, 0.25) is 0 Å². The van der Waals surface area contributed by atoms with Crippen LogP contribution >= 0.6 is 0 Å². The fraction of sp³-hybridized carbons (Fsp3) is 0.312. The quantitative estimate of drug-likeness (QED) is 0.0804. The average molecular weight is 585 g/mol. The number of aliphatic hydroxyl groups is 2.